The van der Waals surface area contributed by atoms with Crippen LogP contribution in [0.3, 0.4) is 0 Å². The number of phosphoric ester groups is 1. The molecule has 0 aromatic rings. The predicted molar refractivity (Wildman–Crippen MR) is 238 cm³/mol. The Morgan fingerprint density at radius 1 is 0.554 bits per heavy atom. The second-order valence-corrected chi connectivity index (χ2v) is 16.0. The van der Waals surface area contributed by atoms with Gasteiger partial charge in [-0.25, -0.2) is 4.57 Å². The number of esters is 1. The highest BCUT2D eigenvalue weighted by Crippen LogP contribution is 2.43. The highest BCUT2D eigenvalue weighted by molar-refractivity contribution is 7.47. The average Bonchev–Trinajstić information content (AvgIpc) is 3.19. The molecule has 0 rings (SSSR count). The normalized spacial score (nSPS) is 14.1. The van der Waals surface area contributed by atoms with Crippen LogP contribution in [0, 0.1) is 0 Å². The topological polar surface area (TPSA) is 117 Å². The van der Waals surface area contributed by atoms with Gasteiger partial charge in [0.25, 0.3) is 0 Å². The first-order valence-corrected chi connectivity index (χ1v) is 23.9. The lowest BCUT2D eigenvalue weighted by atomic mass is 10.1. The molecule has 9 heteroatoms. The second-order valence-electron chi connectivity index (χ2n) is 14.5. The number of hydrogen-bond acceptors (Lipinski definition) is 7. The molecule has 8 nitrogen and oxygen atoms in total. The van der Waals surface area contributed by atoms with E-state index < -0.39 is 13.9 Å². The van der Waals surface area contributed by atoms with Gasteiger partial charge in [-0.05, 0) is 83.5 Å². The third kappa shape index (κ3) is 43.1. The number of rotatable bonds is 42. The fourth-order valence-electron chi connectivity index (χ4n) is 5.84. The van der Waals surface area contributed by atoms with E-state index in [1.165, 1.54) is 77.0 Å². The Labute approximate surface area is 344 Å². The van der Waals surface area contributed by atoms with Crippen molar-refractivity contribution in [2.24, 2.45) is 5.73 Å². The van der Waals surface area contributed by atoms with Crippen LogP contribution < -0.4 is 5.73 Å². The quantitative estimate of drug-likeness (QED) is 0.0271. The molecule has 3 N–H and O–H groups in total. The van der Waals surface area contributed by atoms with Crippen molar-refractivity contribution in [3.05, 3.63) is 72.9 Å². The van der Waals surface area contributed by atoms with Crippen LogP contribution in [0.25, 0.3) is 0 Å². The van der Waals surface area contributed by atoms with Crippen molar-refractivity contribution >= 4 is 13.8 Å². The summed E-state index contributed by atoms with van der Waals surface area (Å²) in [6, 6.07) is 0. The van der Waals surface area contributed by atoms with Crippen LogP contribution in [0.1, 0.15) is 181 Å². The Kier molecular flexibility index (Phi) is 42.4. The molecule has 2 unspecified atom stereocenters. The minimum Gasteiger partial charge on any atom is -0.457 e. The lowest BCUT2D eigenvalue weighted by Gasteiger charge is -2.20. The van der Waals surface area contributed by atoms with E-state index in [2.05, 4.69) is 86.8 Å². The summed E-state index contributed by atoms with van der Waals surface area (Å²) in [7, 11) is -4.29. The van der Waals surface area contributed by atoms with Crippen molar-refractivity contribution in [1.29, 1.82) is 0 Å². The predicted octanol–water partition coefficient (Wildman–Crippen LogP) is 13.5. The third-order valence-corrected chi connectivity index (χ3v) is 10.1. The first kappa shape index (κ1) is 53.9. The van der Waals surface area contributed by atoms with Crippen LogP contribution in [-0.2, 0) is 27.9 Å². The maximum Gasteiger partial charge on any atom is 0.472 e. The van der Waals surface area contributed by atoms with E-state index in [4.69, 9.17) is 24.3 Å². The van der Waals surface area contributed by atoms with Gasteiger partial charge in [0.05, 0.1) is 19.8 Å². The Morgan fingerprint density at radius 3 is 1.50 bits per heavy atom. The molecule has 0 radical (unpaired) electrons. The molecule has 0 bridgehead atoms. The van der Waals surface area contributed by atoms with E-state index in [0.29, 0.717) is 13.0 Å². The molecular weight excluding hydrogens is 721 g/mol. The Morgan fingerprint density at radius 2 is 1.00 bits per heavy atom. The summed E-state index contributed by atoms with van der Waals surface area (Å²) in [5, 5.41) is 0. The Bertz CT molecular complexity index is 1080. The standard InChI is InChI=1S/C47H84NO7P/c1-3-5-7-9-11-13-15-17-19-21-22-23-25-27-29-31-33-35-37-39-42-52-44-46(45-54-56(50,51)53-43-41-48)55-47(49)40-38-36-34-32-30-28-26-24-20-18-16-14-12-10-8-6-4-2/h6,8,11-14,17-20,22-23,46H,3-5,7,9-10,15-16,21,24-45,48H2,1-2H3,(H,50,51)/b8-6-,13-11-,14-12-,19-17-,20-18-,23-22-. The zero-order valence-corrected chi connectivity index (χ0v) is 36.7. The number of allylic oxidation sites excluding steroid dienone is 12. The summed E-state index contributed by atoms with van der Waals surface area (Å²) < 4.78 is 33.5. The van der Waals surface area contributed by atoms with Gasteiger partial charge in [0.15, 0.2) is 0 Å². The SMILES string of the molecule is CC/C=C\C/C=C\C/C=C\CCCCCCCCCC(=O)OC(COCCCCCCCCC/C=C\C/C=C\C/C=C\CCCCC)COP(=O)(O)OCCN. The maximum absolute atomic E-state index is 12.6. The molecule has 0 aliphatic rings. The van der Waals surface area contributed by atoms with Gasteiger partial charge in [-0.1, -0.05) is 164 Å². The largest absolute Gasteiger partial charge is 0.472 e. The Balaban J connectivity index is 4.06. The first-order valence-electron chi connectivity index (χ1n) is 22.4. The zero-order chi connectivity index (χ0) is 40.9. The molecule has 0 aromatic carbocycles. The molecule has 2 atom stereocenters. The van der Waals surface area contributed by atoms with Crippen LogP contribution in [0.2, 0.25) is 0 Å². The molecule has 324 valence electrons. The van der Waals surface area contributed by atoms with Gasteiger partial charge in [-0.15, -0.1) is 0 Å². The highest BCUT2D eigenvalue weighted by Gasteiger charge is 2.25. The summed E-state index contributed by atoms with van der Waals surface area (Å²) in [5.41, 5.74) is 5.37. The monoisotopic (exact) mass is 806 g/mol. The van der Waals surface area contributed by atoms with Gasteiger partial charge < -0.3 is 20.1 Å². The van der Waals surface area contributed by atoms with Crippen molar-refractivity contribution in [2.45, 2.75) is 187 Å². The summed E-state index contributed by atoms with van der Waals surface area (Å²) in [6.07, 6.45) is 54.9. The van der Waals surface area contributed by atoms with Gasteiger partial charge in [-0.2, -0.15) is 0 Å². The van der Waals surface area contributed by atoms with E-state index >= 15 is 0 Å². The summed E-state index contributed by atoms with van der Waals surface area (Å²) in [6.45, 7) is 4.74. The maximum atomic E-state index is 12.6. The van der Waals surface area contributed by atoms with Crippen molar-refractivity contribution in [2.75, 3.05) is 33.0 Å². The molecule has 0 heterocycles. The third-order valence-electron chi connectivity index (χ3n) is 9.11. The van der Waals surface area contributed by atoms with Gasteiger partial charge in [0.1, 0.15) is 6.10 Å². The number of carbonyl (C=O) groups excluding carboxylic acids is 1. The molecular formula is C47H84NO7P. The smallest absolute Gasteiger partial charge is 0.457 e. The molecule has 0 aliphatic carbocycles. The minimum absolute atomic E-state index is 0.0931. The van der Waals surface area contributed by atoms with E-state index in [-0.39, 0.29) is 32.3 Å². The van der Waals surface area contributed by atoms with Crippen molar-refractivity contribution in [1.82, 2.24) is 0 Å². The van der Waals surface area contributed by atoms with Crippen LogP contribution >= 0.6 is 7.82 Å². The van der Waals surface area contributed by atoms with Crippen LogP contribution in [0.15, 0.2) is 72.9 Å². The van der Waals surface area contributed by atoms with Crippen molar-refractivity contribution in [3.63, 3.8) is 0 Å². The second kappa shape index (κ2) is 44.1. The van der Waals surface area contributed by atoms with Crippen LogP contribution in [0.4, 0.5) is 0 Å². The molecule has 0 fully saturated rings. The first-order chi connectivity index (χ1) is 27.4. The average molecular weight is 806 g/mol. The van der Waals surface area contributed by atoms with Crippen LogP contribution in [0.5, 0.6) is 0 Å². The van der Waals surface area contributed by atoms with Gasteiger partial charge in [0, 0.05) is 19.6 Å². The van der Waals surface area contributed by atoms with E-state index in [9.17, 15) is 14.3 Å². The molecule has 0 spiro atoms. The molecule has 0 aliphatic heterocycles. The van der Waals surface area contributed by atoms with Gasteiger partial charge >= 0.3 is 13.8 Å². The van der Waals surface area contributed by atoms with Gasteiger partial charge in [0.2, 0.25) is 0 Å². The number of unbranched alkanes of at least 4 members (excludes halogenated alkanes) is 17. The van der Waals surface area contributed by atoms with E-state index in [1.54, 1.807) is 0 Å². The molecule has 56 heavy (non-hydrogen) atoms. The molecule has 0 saturated heterocycles. The van der Waals surface area contributed by atoms with Crippen molar-refractivity contribution < 1.29 is 32.8 Å². The fraction of sp³-hybridized carbons (Fsp3) is 0.723. The molecule has 0 saturated carbocycles. The van der Waals surface area contributed by atoms with Crippen LogP contribution in [-0.4, -0.2) is 49.9 Å². The lowest BCUT2D eigenvalue weighted by Crippen LogP contribution is -2.28. The minimum atomic E-state index is -4.29. The summed E-state index contributed by atoms with van der Waals surface area (Å²) in [4.78, 5) is 22.5. The van der Waals surface area contributed by atoms with Gasteiger partial charge in [-0.3, -0.25) is 13.8 Å². The van der Waals surface area contributed by atoms with Crippen molar-refractivity contribution in [3.8, 4) is 0 Å². The fourth-order valence-corrected chi connectivity index (χ4v) is 6.61. The summed E-state index contributed by atoms with van der Waals surface area (Å²) in [5.74, 6) is -0.347. The molecule has 0 amide bonds. The molecule has 0 aromatic heterocycles. The van der Waals surface area contributed by atoms with E-state index in [0.717, 1.165) is 83.5 Å². The Hall–Kier alpha value is -2.06. The van der Waals surface area contributed by atoms with E-state index in [1.807, 2.05) is 0 Å². The lowest BCUT2D eigenvalue weighted by molar-refractivity contribution is -0.154. The number of phosphoric acid groups is 1. The number of hydrogen-bond donors (Lipinski definition) is 2. The highest BCUT2D eigenvalue weighted by atomic mass is 31.2. The zero-order valence-electron chi connectivity index (χ0n) is 35.8. The number of carbonyl (C=O) groups is 1. The number of ether oxygens (including phenoxy) is 2. The number of nitrogens with two attached hydrogens (primary N) is 1. The summed E-state index contributed by atoms with van der Waals surface area (Å²) >= 11 is 0.